The number of aromatic nitrogens is 2. The van der Waals surface area contributed by atoms with Crippen molar-refractivity contribution in [1.29, 1.82) is 0 Å². The largest absolute Gasteiger partial charge is 0.490 e. The van der Waals surface area contributed by atoms with Crippen molar-refractivity contribution >= 4 is 22.6 Å². The van der Waals surface area contributed by atoms with Gasteiger partial charge in [-0.15, -0.1) is 11.3 Å². The highest BCUT2D eigenvalue weighted by molar-refractivity contribution is 7.13. The van der Waals surface area contributed by atoms with Crippen LogP contribution in [-0.4, -0.2) is 58.3 Å². The van der Waals surface area contributed by atoms with Gasteiger partial charge in [0.1, 0.15) is 18.0 Å². The summed E-state index contributed by atoms with van der Waals surface area (Å²) >= 11 is 1.63. The zero-order chi connectivity index (χ0) is 18.9. The number of hydrogen-bond donors (Lipinski definition) is 0. The van der Waals surface area contributed by atoms with E-state index in [9.17, 15) is 4.79 Å². The van der Waals surface area contributed by atoms with Crippen LogP contribution in [0.1, 0.15) is 32.1 Å². The zero-order valence-electron chi connectivity index (χ0n) is 15.6. The summed E-state index contributed by atoms with van der Waals surface area (Å²) in [5.74, 6) is 0.851. The lowest BCUT2D eigenvalue weighted by molar-refractivity contribution is 0.0192. The number of thiazole rings is 1. The Balaban J connectivity index is 1.17. The molecule has 3 aliphatic heterocycles. The first kappa shape index (κ1) is 17.7. The van der Waals surface area contributed by atoms with Gasteiger partial charge < -0.3 is 19.3 Å². The molecule has 0 aromatic carbocycles. The van der Waals surface area contributed by atoms with Gasteiger partial charge in [-0.3, -0.25) is 4.98 Å². The first-order chi connectivity index (χ1) is 13.8. The lowest BCUT2D eigenvalue weighted by Gasteiger charge is -2.38. The number of pyridine rings is 1. The maximum absolute atomic E-state index is 12.9. The molecular weight excluding hydrogens is 376 g/mol. The topological polar surface area (TPSA) is 67.8 Å². The predicted molar refractivity (Wildman–Crippen MR) is 106 cm³/mol. The molecule has 5 heterocycles. The van der Waals surface area contributed by atoms with Crippen LogP contribution in [0, 0.1) is 0 Å². The molecule has 148 valence electrons. The van der Waals surface area contributed by atoms with E-state index >= 15 is 0 Å². The molecule has 7 nitrogen and oxygen atoms in total. The monoisotopic (exact) mass is 400 g/mol. The molecule has 8 heteroatoms. The highest BCUT2D eigenvalue weighted by atomic mass is 32.1. The van der Waals surface area contributed by atoms with Crippen LogP contribution in [0.15, 0.2) is 36.1 Å². The minimum Gasteiger partial charge on any atom is -0.490 e. The van der Waals surface area contributed by atoms with E-state index in [2.05, 4.69) is 14.9 Å². The third kappa shape index (κ3) is 3.53. The number of hydrogen-bond acceptors (Lipinski definition) is 7. The maximum atomic E-state index is 12.9. The van der Waals surface area contributed by atoms with Crippen LogP contribution in [0.25, 0.3) is 0 Å². The first-order valence-corrected chi connectivity index (χ1v) is 10.8. The van der Waals surface area contributed by atoms with Gasteiger partial charge in [0.2, 0.25) is 0 Å². The number of rotatable bonds is 4. The number of fused-ring (bicyclic) bond motifs is 2. The molecule has 3 aliphatic rings. The molecule has 2 aromatic heterocycles. The highest BCUT2D eigenvalue weighted by Crippen LogP contribution is 2.38. The molecule has 28 heavy (non-hydrogen) atoms. The quantitative estimate of drug-likeness (QED) is 0.784. The molecule has 2 aromatic rings. The Labute approximate surface area is 168 Å². The second-order valence-electron chi connectivity index (χ2n) is 7.74. The molecule has 3 saturated heterocycles. The van der Waals surface area contributed by atoms with Crippen LogP contribution in [0.4, 0.5) is 9.93 Å². The van der Waals surface area contributed by atoms with E-state index < -0.39 is 0 Å². The van der Waals surface area contributed by atoms with Gasteiger partial charge in [0.05, 0.1) is 6.54 Å². The fourth-order valence-electron chi connectivity index (χ4n) is 4.70. The van der Waals surface area contributed by atoms with Crippen molar-refractivity contribution in [2.75, 3.05) is 18.0 Å². The van der Waals surface area contributed by atoms with Gasteiger partial charge in [0, 0.05) is 61.9 Å². The normalized spacial score (nSPS) is 29.1. The number of carbonyl (C=O) groups is 1. The van der Waals surface area contributed by atoms with Gasteiger partial charge in [-0.2, -0.15) is 0 Å². The molecule has 0 saturated carbocycles. The van der Waals surface area contributed by atoms with Crippen molar-refractivity contribution in [2.45, 2.75) is 56.4 Å². The molecule has 5 rings (SSSR count). The fourth-order valence-corrected chi connectivity index (χ4v) is 5.38. The van der Waals surface area contributed by atoms with E-state index in [0.29, 0.717) is 0 Å². The fraction of sp³-hybridized carbons (Fsp3) is 0.550. The van der Waals surface area contributed by atoms with Gasteiger partial charge >= 0.3 is 6.09 Å². The van der Waals surface area contributed by atoms with E-state index in [4.69, 9.17) is 9.47 Å². The summed E-state index contributed by atoms with van der Waals surface area (Å²) in [6.07, 6.45) is 9.90. The van der Waals surface area contributed by atoms with Crippen LogP contribution >= 0.6 is 11.3 Å². The smallest absolute Gasteiger partial charge is 0.410 e. The molecule has 0 aliphatic carbocycles. The third-order valence-electron chi connectivity index (χ3n) is 5.96. The summed E-state index contributed by atoms with van der Waals surface area (Å²) in [4.78, 5) is 25.5. The molecule has 3 unspecified atom stereocenters. The molecule has 3 atom stereocenters. The number of anilines is 1. The number of piperidine rings is 1. The Kier molecular flexibility index (Phi) is 4.80. The summed E-state index contributed by atoms with van der Waals surface area (Å²) in [5, 5.41) is 2.98. The summed E-state index contributed by atoms with van der Waals surface area (Å²) < 4.78 is 12.0. The van der Waals surface area contributed by atoms with Gasteiger partial charge in [0.15, 0.2) is 5.13 Å². The average molecular weight is 401 g/mol. The average Bonchev–Trinajstić information content (AvgIpc) is 3.43. The Morgan fingerprint density at radius 1 is 1.07 bits per heavy atom. The zero-order valence-corrected chi connectivity index (χ0v) is 16.5. The number of amides is 1. The molecule has 1 amide bonds. The first-order valence-electron chi connectivity index (χ1n) is 9.96. The van der Waals surface area contributed by atoms with E-state index in [1.54, 1.807) is 23.7 Å². The summed E-state index contributed by atoms with van der Waals surface area (Å²) in [5.41, 5.74) is 0. The standard InChI is InChI=1S/C20H24N4O3S/c25-20(27-17-5-9-23(13-17)19-22-8-10-28-19)24-14-1-2-15(24)12-18(11-14)26-16-3-6-21-7-4-16/h3-4,6-8,10,14-15,17-18H,1-2,5,9,11-13H2. The molecule has 2 bridgehead atoms. The Hall–Kier alpha value is -2.35. The summed E-state index contributed by atoms with van der Waals surface area (Å²) in [7, 11) is 0. The lowest BCUT2D eigenvalue weighted by Crippen LogP contribution is -2.50. The second-order valence-corrected chi connectivity index (χ2v) is 8.61. The Morgan fingerprint density at radius 3 is 2.57 bits per heavy atom. The van der Waals surface area contributed by atoms with Crippen LogP contribution in [-0.2, 0) is 4.74 Å². The van der Waals surface area contributed by atoms with Crippen molar-refractivity contribution in [2.24, 2.45) is 0 Å². The van der Waals surface area contributed by atoms with Crippen molar-refractivity contribution in [3.63, 3.8) is 0 Å². The van der Waals surface area contributed by atoms with Crippen molar-refractivity contribution < 1.29 is 14.3 Å². The Morgan fingerprint density at radius 2 is 1.86 bits per heavy atom. The van der Waals surface area contributed by atoms with E-state index in [0.717, 1.165) is 56.1 Å². The van der Waals surface area contributed by atoms with Crippen LogP contribution in [0.3, 0.4) is 0 Å². The second kappa shape index (κ2) is 7.58. The SMILES string of the molecule is O=C(OC1CCN(c2nccs2)C1)N1C2CCC1CC(Oc1ccncc1)C2. The molecule has 3 fully saturated rings. The third-order valence-corrected chi connectivity index (χ3v) is 6.79. The maximum Gasteiger partial charge on any atom is 0.410 e. The van der Waals surface area contributed by atoms with E-state index in [-0.39, 0.29) is 30.4 Å². The number of carbonyl (C=O) groups excluding carboxylic acids is 1. The lowest BCUT2D eigenvalue weighted by atomic mass is 10.0. The van der Waals surface area contributed by atoms with Gasteiger partial charge in [-0.1, -0.05) is 0 Å². The minimum atomic E-state index is -0.152. The van der Waals surface area contributed by atoms with Crippen molar-refractivity contribution in [1.82, 2.24) is 14.9 Å². The molecule has 0 radical (unpaired) electrons. The van der Waals surface area contributed by atoms with Gasteiger partial charge in [-0.05, 0) is 25.0 Å². The molecule has 0 spiro atoms. The van der Waals surface area contributed by atoms with Gasteiger partial charge in [0.25, 0.3) is 0 Å². The molecular formula is C20H24N4O3S. The van der Waals surface area contributed by atoms with Crippen molar-refractivity contribution in [3.05, 3.63) is 36.1 Å². The van der Waals surface area contributed by atoms with Gasteiger partial charge in [-0.25, -0.2) is 9.78 Å². The number of nitrogens with zero attached hydrogens (tertiary/aromatic N) is 4. The highest BCUT2D eigenvalue weighted by Gasteiger charge is 2.45. The Bertz CT molecular complexity index is 789. The van der Waals surface area contributed by atoms with Crippen LogP contribution in [0.2, 0.25) is 0 Å². The van der Waals surface area contributed by atoms with Crippen molar-refractivity contribution in [3.8, 4) is 5.75 Å². The molecule has 0 N–H and O–H groups in total. The van der Waals surface area contributed by atoms with E-state index in [1.807, 2.05) is 28.6 Å². The van der Waals surface area contributed by atoms with Crippen LogP contribution in [0.5, 0.6) is 5.75 Å². The minimum absolute atomic E-state index is 0.0541. The van der Waals surface area contributed by atoms with Crippen LogP contribution < -0.4 is 9.64 Å². The number of ether oxygens (including phenoxy) is 2. The predicted octanol–water partition coefficient (Wildman–Crippen LogP) is 3.33. The summed E-state index contributed by atoms with van der Waals surface area (Å²) in [6, 6.07) is 4.21. The van der Waals surface area contributed by atoms with E-state index in [1.165, 1.54) is 0 Å². The summed E-state index contributed by atoms with van der Waals surface area (Å²) in [6.45, 7) is 1.62.